The minimum absolute atomic E-state index is 0.281. The van der Waals surface area contributed by atoms with Crippen LogP contribution in [0.5, 0.6) is 0 Å². The first-order valence-corrected chi connectivity index (χ1v) is 8.01. The van der Waals surface area contributed by atoms with Gasteiger partial charge in [0, 0.05) is 24.5 Å². The summed E-state index contributed by atoms with van der Waals surface area (Å²) in [7, 11) is 0. The Hall–Kier alpha value is -1.44. The third kappa shape index (κ3) is 4.58. The smallest absolute Gasteiger partial charge is 0.312 e. The average molecular weight is 488 g/mol. The van der Waals surface area contributed by atoms with E-state index in [1.807, 2.05) is 0 Å². The highest BCUT2D eigenvalue weighted by atomic mass is 35.5. The van der Waals surface area contributed by atoms with Gasteiger partial charge in [0.1, 0.15) is 0 Å². The van der Waals surface area contributed by atoms with Gasteiger partial charge in [-0.1, -0.05) is 23.7 Å². The van der Waals surface area contributed by atoms with Crippen LogP contribution in [0.4, 0.5) is 57.1 Å². The molecule has 174 valence electrons. The molecule has 1 aromatic rings. The van der Waals surface area contributed by atoms with Gasteiger partial charge in [0.15, 0.2) is 0 Å². The average Bonchev–Trinajstić information content (AvgIpc) is 2.58. The Balaban J connectivity index is 2.98. The molecule has 0 aliphatic rings. The summed E-state index contributed by atoms with van der Waals surface area (Å²) in [6.45, 7) is -1.50. The highest BCUT2D eigenvalue weighted by Crippen LogP contribution is 2.60. The van der Waals surface area contributed by atoms with Gasteiger partial charge in [-0.05, 0) is 17.7 Å². The van der Waals surface area contributed by atoms with E-state index < -0.39 is 48.8 Å². The number of hydrogen-bond donors (Lipinski definition) is 1. The summed E-state index contributed by atoms with van der Waals surface area (Å²) in [5.41, 5.74) is 0.358. The minimum Gasteiger partial charge on any atom is -0.312 e. The molecule has 0 unspecified atom stereocenters. The summed E-state index contributed by atoms with van der Waals surface area (Å²) in [5, 5.41) is 2.36. The van der Waals surface area contributed by atoms with Crippen molar-refractivity contribution in [3.63, 3.8) is 0 Å². The summed E-state index contributed by atoms with van der Waals surface area (Å²) in [6.07, 6.45) is -9.69. The number of nitrogens with one attached hydrogen (secondary N) is 1. The minimum atomic E-state index is -7.87. The monoisotopic (exact) mass is 487 g/mol. The van der Waals surface area contributed by atoms with Crippen LogP contribution in [-0.2, 0) is 6.54 Å². The molecule has 0 aliphatic carbocycles. The van der Waals surface area contributed by atoms with Crippen LogP contribution in [0.3, 0.4) is 0 Å². The summed E-state index contributed by atoms with van der Waals surface area (Å²) >= 11 is 5.56. The van der Waals surface area contributed by atoms with Crippen LogP contribution in [0, 0.1) is 0 Å². The van der Waals surface area contributed by atoms with E-state index in [0.29, 0.717) is 5.56 Å². The van der Waals surface area contributed by atoms with Gasteiger partial charge >= 0.3 is 35.8 Å². The molecule has 1 nitrogen and oxygen atoms in total. The van der Waals surface area contributed by atoms with Gasteiger partial charge in [-0.3, -0.25) is 0 Å². The maximum absolute atomic E-state index is 13.5. The molecule has 0 saturated heterocycles. The molecule has 0 saturated carbocycles. The quantitative estimate of drug-likeness (QED) is 0.307. The van der Waals surface area contributed by atoms with Gasteiger partial charge in [0.2, 0.25) is 0 Å². The molecular weight excluding hydrogens is 477 g/mol. The van der Waals surface area contributed by atoms with Gasteiger partial charge in [0.25, 0.3) is 0 Å². The molecule has 0 radical (unpaired) electrons. The first kappa shape index (κ1) is 26.6. The Kier molecular flexibility index (Phi) is 7.31. The van der Waals surface area contributed by atoms with Crippen LogP contribution in [0.1, 0.15) is 12.0 Å². The van der Waals surface area contributed by atoms with Crippen molar-refractivity contribution in [2.45, 2.75) is 48.8 Å². The fraction of sp³-hybridized carbons (Fsp3) is 0.600. The lowest BCUT2D eigenvalue weighted by Crippen LogP contribution is -2.70. The van der Waals surface area contributed by atoms with Gasteiger partial charge < -0.3 is 5.32 Å². The zero-order valence-electron chi connectivity index (χ0n) is 14.2. The summed E-state index contributed by atoms with van der Waals surface area (Å²) < 4.78 is 168. The van der Waals surface area contributed by atoms with Crippen molar-refractivity contribution in [1.82, 2.24) is 5.32 Å². The Morgan fingerprint density at radius 1 is 0.633 bits per heavy atom. The molecule has 0 atom stereocenters. The van der Waals surface area contributed by atoms with E-state index in [0.717, 1.165) is 0 Å². The van der Waals surface area contributed by atoms with Gasteiger partial charge in [-0.25, -0.2) is 0 Å². The van der Waals surface area contributed by atoms with E-state index in [2.05, 4.69) is 5.32 Å². The summed E-state index contributed by atoms with van der Waals surface area (Å²) in [6, 6.07) is 5.42. The first-order valence-electron chi connectivity index (χ1n) is 7.63. The second-order valence-electron chi connectivity index (χ2n) is 6.05. The Labute approximate surface area is 165 Å². The molecule has 1 aromatic carbocycles. The van der Waals surface area contributed by atoms with E-state index in [4.69, 9.17) is 11.6 Å². The lowest BCUT2D eigenvalue weighted by atomic mass is 9.92. The number of rotatable bonds is 9. The van der Waals surface area contributed by atoms with Crippen LogP contribution >= 0.6 is 11.6 Å². The van der Waals surface area contributed by atoms with E-state index in [9.17, 15) is 57.1 Å². The Morgan fingerprint density at radius 3 is 1.50 bits per heavy atom. The number of benzene rings is 1. The number of hydrogen-bond acceptors (Lipinski definition) is 1. The lowest BCUT2D eigenvalue weighted by Gasteiger charge is -2.39. The molecule has 0 amide bonds. The summed E-state index contributed by atoms with van der Waals surface area (Å²) in [5.74, 6) is -36.7. The van der Waals surface area contributed by atoms with Gasteiger partial charge in [0.05, 0.1) is 0 Å². The molecule has 0 aromatic heterocycles. The van der Waals surface area contributed by atoms with Crippen LogP contribution in [-0.4, -0.2) is 42.3 Å². The molecule has 0 heterocycles. The fourth-order valence-electron chi connectivity index (χ4n) is 2.04. The standard InChI is InChI=1S/C15H11ClF13N/c16-9-3-1-8(2-4-9)7-30-6-5-10(17,18)11(19,20)12(21,22)13(23,24)14(25,26)15(27,28)29/h1-4,30H,5-7H2. The fourth-order valence-corrected chi connectivity index (χ4v) is 2.17. The van der Waals surface area contributed by atoms with Gasteiger partial charge in [-0.15, -0.1) is 0 Å². The van der Waals surface area contributed by atoms with Crippen molar-refractivity contribution in [2.75, 3.05) is 6.54 Å². The van der Waals surface area contributed by atoms with E-state index in [-0.39, 0.29) is 11.6 Å². The molecule has 0 aliphatic heterocycles. The maximum atomic E-state index is 13.5. The van der Waals surface area contributed by atoms with Crippen LogP contribution in [0.2, 0.25) is 5.02 Å². The van der Waals surface area contributed by atoms with Crippen molar-refractivity contribution in [3.05, 3.63) is 34.9 Å². The topological polar surface area (TPSA) is 12.0 Å². The third-order valence-corrected chi connectivity index (χ3v) is 4.11. The zero-order valence-corrected chi connectivity index (χ0v) is 15.0. The molecule has 0 bridgehead atoms. The van der Waals surface area contributed by atoms with E-state index >= 15 is 0 Å². The molecule has 0 spiro atoms. The molecule has 1 rings (SSSR count). The van der Waals surface area contributed by atoms with Crippen molar-refractivity contribution in [2.24, 2.45) is 0 Å². The first-order chi connectivity index (χ1) is 13.2. The predicted octanol–water partition coefficient (Wildman–Crippen LogP) is 6.56. The SMILES string of the molecule is FC(F)(F)C(F)(F)C(F)(F)C(F)(F)C(F)(F)C(F)(F)CCNCc1ccc(Cl)cc1. The molecule has 30 heavy (non-hydrogen) atoms. The molecule has 0 fully saturated rings. The van der Waals surface area contributed by atoms with Crippen molar-refractivity contribution in [1.29, 1.82) is 0 Å². The van der Waals surface area contributed by atoms with Crippen molar-refractivity contribution >= 4 is 11.6 Å². The Morgan fingerprint density at radius 2 is 1.07 bits per heavy atom. The highest BCUT2D eigenvalue weighted by molar-refractivity contribution is 6.30. The van der Waals surface area contributed by atoms with Crippen LogP contribution in [0.25, 0.3) is 0 Å². The summed E-state index contributed by atoms with van der Waals surface area (Å²) in [4.78, 5) is 0. The second-order valence-corrected chi connectivity index (χ2v) is 6.49. The normalized spacial score (nSPS) is 14.9. The number of halogens is 14. The zero-order chi connectivity index (χ0) is 23.8. The van der Waals surface area contributed by atoms with Crippen LogP contribution < -0.4 is 5.32 Å². The second kappa shape index (κ2) is 8.24. The number of alkyl halides is 13. The van der Waals surface area contributed by atoms with Crippen LogP contribution in [0.15, 0.2) is 24.3 Å². The largest absolute Gasteiger partial charge is 0.460 e. The molecule has 1 N–H and O–H groups in total. The van der Waals surface area contributed by atoms with Crippen molar-refractivity contribution in [3.8, 4) is 0 Å². The molecule has 15 heteroatoms. The predicted molar refractivity (Wildman–Crippen MR) is 78.6 cm³/mol. The lowest BCUT2D eigenvalue weighted by molar-refractivity contribution is -0.440. The third-order valence-electron chi connectivity index (χ3n) is 3.86. The van der Waals surface area contributed by atoms with E-state index in [1.54, 1.807) is 0 Å². The Bertz CT molecular complexity index is 712. The highest BCUT2D eigenvalue weighted by Gasteiger charge is 2.90. The maximum Gasteiger partial charge on any atom is 0.460 e. The van der Waals surface area contributed by atoms with Gasteiger partial charge in [-0.2, -0.15) is 57.1 Å². The molecular formula is C15H11ClF13N. The van der Waals surface area contributed by atoms with E-state index in [1.165, 1.54) is 24.3 Å². The van der Waals surface area contributed by atoms with Crippen molar-refractivity contribution < 1.29 is 57.1 Å².